The van der Waals surface area contributed by atoms with Crippen LogP contribution >= 0.6 is 0 Å². The van der Waals surface area contributed by atoms with Crippen molar-refractivity contribution in [3.8, 4) is 11.6 Å². The summed E-state index contributed by atoms with van der Waals surface area (Å²) >= 11 is 0. The van der Waals surface area contributed by atoms with Gasteiger partial charge in [-0.1, -0.05) is 0 Å². The highest BCUT2D eigenvalue weighted by Gasteiger charge is 2.65. The van der Waals surface area contributed by atoms with E-state index in [4.69, 9.17) is 9.47 Å². The molecule has 0 atom stereocenters. The van der Waals surface area contributed by atoms with Gasteiger partial charge in [-0.05, 0) is 37.8 Å². The lowest BCUT2D eigenvalue weighted by molar-refractivity contribution is -0.196. The lowest BCUT2D eigenvalue weighted by atomic mass is 10.1. The Bertz CT molecular complexity index is 552. The molecule has 0 unspecified atom stereocenters. The molecule has 134 valence electrons. The van der Waals surface area contributed by atoms with Gasteiger partial charge in [0, 0.05) is 6.20 Å². The first-order valence-electron chi connectivity index (χ1n) is 7.43. The highest BCUT2D eigenvalue weighted by Crippen LogP contribution is 2.58. The molecule has 1 aromatic heterocycles. The molecule has 0 saturated heterocycles. The average molecular weight is 355 g/mol. The Kier molecular flexibility index (Phi) is 3.88. The molecule has 1 aromatic rings. The molecular weight excluding hydrogens is 340 g/mol. The van der Waals surface area contributed by atoms with Crippen LogP contribution in [-0.4, -0.2) is 30.6 Å². The van der Waals surface area contributed by atoms with Crippen molar-refractivity contribution in [2.24, 2.45) is 10.8 Å². The Labute approximate surface area is 134 Å². The molecule has 24 heavy (non-hydrogen) atoms. The van der Waals surface area contributed by atoms with Crippen molar-refractivity contribution in [2.75, 3.05) is 13.2 Å². The molecule has 0 N–H and O–H groups in total. The zero-order valence-electron chi connectivity index (χ0n) is 12.5. The fourth-order valence-electron chi connectivity index (χ4n) is 2.34. The number of halogens is 6. The minimum atomic E-state index is -4.38. The van der Waals surface area contributed by atoms with Crippen LogP contribution in [-0.2, 0) is 0 Å². The van der Waals surface area contributed by atoms with E-state index in [0.717, 1.165) is 0 Å². The summed E-state index contributed by atoms with van der Waals surface area (Å²) in [6, 6.07) is 2.76. The molecule has 1 heterocycles. The van der Waals surface area contributed by atoms with Gasteiger partial charge in [-0.15, -0.1) is 0 Å². The van der Waals surface area contributed by atoms with E-state index in [1.54, 1.807) is 0 Å². The van der Waals surface area contributed by atoms with Crippen molar-refractivity contribution in [3.63, 3.8) is 0 Å². The van der Waals surface area contributed by atoms with Crippen molar-refractivity contribution in [1.29, 1.82) is 0 Å². The van der Waals surface area contributed by atoms with Crippen molar-refractivity contribution >= 4 is 0 Å². The van der Waals surface area contributed by atoms with E-state index < -0.39 is 36.4 Å². The second-order valence-corrected chi connectivity index (χ2v) is 6.44. The molecular formula is C15H15F6NO2. The molecule has 3 rings (SSSR count). The van der Waals surface area contributed by atoms with Crippen molar-refractivity contribution in [3.05, 3.63) is 18.3 Å². The third-order valence-corrected chi connectivity index (χ3v) is 4.64. The van der Waals surface area contributed by atoms with Crippen molar-refractivity contribution in [2.45, 2.75) is 38.0 Å². The molecule has 0 aliphatic heterocycles. The third-order valence-electron chi connectivity index (χ3n) is 4.64. The summed E-state index contributed by atoms with van der Waals surface area (Å²) in [6.07, 6.45) is -7.57. The van der Waals surface area contributed by atoms with Crippen LogP contribution in [0.1, 0.15) is 25.7 Å². The fraction of sp³-hybridized carbons (Fsp3) is 0.667. The Balaban J connectivity index is 1.64. The zero-order chi connectivity index (χ0) is 17.6. The molecule has 0 spiro atoms. The fourth-order valence-corrected chi connectivity index (χ4v) is 2.34. The molecule has 3 nitrogen and oxygen atoms in total. The molecule has 0 radical (unpaired) electrons. The molecule has 2 fully saturated rings. The van der Waals surface area contributed by atoms with E-state index >= 15 is 0 Å². The summed E-state index contributed by atoms with van der Waals surface area (Å²) in [7, 11) is 0. The van der Waals surface area contributed by atoms with Gasteiger partial charge >= 0.3 is 12.4 Å². The zero-order valence-corrected chi connectivity index (χ0v) is 12.5. The molecule has 0 bridgehead atoms. The summed E-state index contributed by atoms with van der Waals surface area (Å²) in [5.74, 6) is -0.294. The maximum Gasteiger partial charge on any atom is 0.397 e. The normalized spacial score (nSPS) is 21.2. The van der Waals surface area contributed by atoms with Crippen LogP contribution in [0, 0.1) is 10.8 Å². The summed E-state index contributed by atoms with van der Waals surface area (Å²) in [5.41, 5.74) is -3.75. The summed E-state index contributed by atoms with van der Waals surface area (Å²) < 4.78 is 87.6. The highest BCUT2D eigenvalue weighted by molar-refractivity contribution is 5.33. The maximum absolute atomic E-state index is 12.9. The smallest absolute Gasteiger partial charge is 0.397 e. The van der Waals surface area contributed by atoms with Crippen LogP contribution in [0.3, 0.4) is 0 Å². The Morgan fingerprint density at radius 1 is 0.875 bits per heavy atom. The SMILES string of the molecule is FC(F)(F)C1(COc2cccnc2OCC2(C(F)(F)F)CC2)CC1. The summed E-state index contributed by atoms with van der Waals surface area (Å²) in [4.78, 5) is 3.78. The second-order valence-electron chi connectivity index (χ2n) is 6.44. The predicted molar refractivity (Wildman–Crippen MR) is 70.7 cm³/mol. The highest BCUT2D eigenvalue weighted by atomic mass is 19.4. The third kappa shape index (κ3) is 3.12. The molecule has 2 aliphatic rings. The first kappa shape index (κ1) is 17.2. The maximum atomic E-state index is 12.9. The van der Waals surface area contributed by atoms with Gasteiger partial charge in [0.25, 0.3) is 5.88 Å². The molecule has 2 aliphatic carbocycles. The minimum absolute atomic E-state index is 0.0237. The Hall–Kier alpha value is -1.67. The van der Waals surface area contributed by atoms with E-state index in [1.165, 1.54) is 18.3 Å². The van der Waals surface area contributed by atoms with Gasteiger partial charge in [0.2, 0.25) is 0 Å². The lowest BCUT2D eigenvalue weighted by Crippen LogP contribution is -2.31. The van der Waals surface area contributed by atoms with E-state index in [0.29, 0.717) is 0 Å². The number of aromatic nitrogens is 1. The van der Waals surface area contributed by atoms with Crippen LogP contribution in [0.15, 0.2) is 18.3 Å². The number of hydrogen-bond donors (Lipinski definition) is 0. The number of ether oxygens (including phenoxy) is 2. The lowest BCUT2D eigenvalue weighted by Gasteiger charge is -2.22. The van der Waals surface area contributed by atoms with Gasteiger partial charge in [0.15, 0.2) is 5.75 Å². The molecule has 2 saturated carbocycles. The van der Waals surface area contributed by atoms with E-state index in [2.05, 4.69) is 4.98 Å². The van der Waals surface area contributed by atoms with Gasteiger partial charge in [-0.3, -0.25) is 0 Å². The van der Waals surface area contributed by atoms with Gasteiger partial charge in [-0.2, -0.15) is 26.3 Å². The van der Waals surface area contributed by atoms with E-state index in [-0.39, 0.29) is 37.3 Å². The number of pyridine rings is 1. The molecule has 0 amide bonds. The number of rotatable bonds is 6. The van der Waals surface area contributed by atoms with Crippen LogP contribution < -0.4 is 9.47 Å². The average Bonchev–Trinajstić information content (AvgIpc) is 3.35. The van der Waals surface area contributed by atoms with E-state index in [9.17, 15) is 26.3 Å². The standard InChI is InChI=1S/C15H15F6NO2/c16-14(17,18)12(3-4-12)8-23-10-2-1-7-22-11(10)24-9-13(5-6-13)15(19,20)21/h1-2,7H,3-6,8-9H2. The quantitative estimate of drug-likeness (QED) is 0.703. The first-order chi connectivity index (χ1) is 11.1. The van der Waals surface area contributed by atoms with Crippen LogP contribution in [0.4, 0.5) is 26.3 Å². The van der Waals surface area contributed by atoms with Gasteiger partial charge in [-0.25, -0.2) is 4.98 Å². The number of nitrogens with zero attached hydrogens (tertiary/aromatic N) is 1. The Morgan fingerprint density at radius 2 is 1.38 bits per heavy atom. The van der Waals surface area contributed by atoms with Crippen LogP contribution in [0.2, 0.25) is 0 Å². The van der Waals surface area contributed by atoms with Crippen molar-refractivity contribution in [1.82, 2.24) is 4.98 Å². The predicted octanol–water partition coefficient (Wildman–Crippen LogP) is 4.52. The summed E-state index contributed by atoms with van der Waals surface area (Å²) in [6.45, 7) is -1.21. The second kappa shape index (κ2) is 5.42. The number of alkyl halides is 6. The largest absolute Gasteiger partial charge is 0.487 e. The topological polar surface area (TPSA) is 31.4 Å². The van der Waals surface area contributed by atoms with Gasteiger partial charge < -0.3 is 9.47 Å². The first-order valence-corrected chi connectivity index (χ1v) is 7.43. The number of hydrogen-bond acceptors (Lipinski definition) is 3. The summed E-state index contributed by atoms with van der Waals surface area (Å²) in [5, 5.41) is 0. The Morgan fingerprint density at radius 3 is 1.83 bits per heavy atom. The van der Waals surface area contributed by atoms with Gasteiger partial charge in [0.1, 0.15) is 24.0 Å². The monoisotopic (exact) mass is 355 g/mol. The van der Waals surface area contributed by atoms with Gasteiger partial charge in [0.05, 0.1) is 0 Å². The molecule has 0 aromatic carbocycles. The van der Waals surface area contributed by atoms with Crippen LogP contribution in [0.25, 0.3) is 0 Å². The molecule has 9 heteroatoms. The minimum Gasteiger partial charge on any atom is -0.487 e. The van der Waals surface area contributed by atoms with Crippen LogP contribution in [0.5, 0.6) is 11.6 Å². The van der Waals surface area contributed by atoms with Crippen molar-refractivity contribution < 1.29 is 35.8 Å². The van der Waals surface area contributed by atoms with E-state index in [1.807, 2.05) is 0 Å².